The van der Waals surface area contributed by atoms with Crippen LogP contribution < -0.4 is 5.32 Å². The Morgan fingerprint density at radius 1 is 1.15 bits per heavy atom. The molecule has 0 heterocycles. The van der Waals surface area contributed by atoms with Gasteiger partial charge in [0.1, 0.15) is 13.2 Å². The van der Waals surface area contributed by atoms with Crippen molar-refractivity contribution in [2.75, 3.05) is 19.8 Å². The number of esters is 2. The fourth-order valence-corrected chi connectivity index (χ4v) is 1.98. The monoisotopic (exact) mass is 379 g/mol. The Morgan fingerprint density at radius 3 is 2.48 bits per heavy atom. The number of carbonyl (C=O) groups excluding carboxylic acids is 4. The highest BCUT2D eigenvalue weighted by Gasteiger charge is 2.28. The third-order valence-corrected chi connectivity index (χ3v) is 3.38. The Kier molecular flexibility index (Phi) is 9.74. The lowest BCUT2D eigenvalue weighted by Gasteiger charge is -2.23. The molecule has 1 aromatic carbocycles. The molecule has 1 amide bonds. The van der Waals surface area contributed by atoms with Crippen LogP contribution in [0.1, 0.15) is 32.3 Å². The predicted octanol–water partition coefficient (Wildman–Crippen LogP) is 1.16. The van der Waals surface area contributed by atoms with Crippen LogP contribution in [-0.2, 0) is 40.0 Å². The zero-order chi connectivity index (χ0) is 20.1. The van der Waals surface area contributed by atoms with E-state index in [2.05, 4.69) is 5.32 Å². The van der Waals surface area contributed by atoms with Crippen molar-refractivity contribution in [1.29, 1.82) is 0 Å². The number of amides is 1. The van der Waals surface area contributed by atoms with E-state index in [1.807, 2.05) is 30.3 Å². The summed E-state index contributed by atoms with van der Waals surface area (Å²) in [4.78, 5) is 45.2. The number of benzene rings is 1. The molecule has 8 nitrogen and oxygen atoms in total. The first-order chi connectivity index (χ1) is 12.8. The largest absolute Gasteiger partial charge is 0.461 e. The molecule has 27 heavy (non-hydrogen) atoms. The number of aldehydes is 1. The van der Waals surface area contributed by atoms with Crippen molar-refractivity contribution in [1.82, 2.24) is 5.32 Å². The SMILES string of the molecule is CC(=O)NCC(=O)OC(C)(C=O)COCCCC(=O)OCc1ccccc1. The lowest BCUT2D eigenvalue weighted by molar-refractivity contribution is -0.166. The van der Waals surface area contributed by atoms with E-state index in [-0.39, 0.29) is 44.7 Å². The fourth-order valence-electron chi connectivity index (χ4n) is 1.98. The Labute approximate surface area is 158 Å². The molecule has 0 bridgehead atoms. The molecule has 0 saturated heterocycles. The van der Waals surface area contributed by atoms with E-state index in [1.54, 1.807) is 0 Å². The van der Waals surface area contributed by atoms with Gasteiger partial charge in [-0.1, -0.05) is 30.3 Å². The van der Waals surface area contributed by atoms with Crippen LogP contribution in [0.25, 0.3) is 0 Å². The molecule has 0 saturated carbocycles. The molecule has 0 aliphatic heterocycles. The molecule has 0 fully saturated rings. The Morgan fingerprint density at radius 2 is 1.85 bits per heavy atom. The summed E-state index contributed by atoms with van der Waals surface area (Å²) in [7, 11) is 0. The molecular weight excluding hydrogens is 354 g/mol. The summed E-state index contributed by atoms with van der Waals surface area (Å²) in [6, 6.07) is 9.34. The van der Waals surface area contributed by atoms with Gasteiger partial charge in [-0.25, -0.2) is 0 Å². The van der Waals surface area contributed by atoms with Crippen LogP contribution in [-0.4, -0.2) is 49.5 Å². The van der Waals surface area contributed by atoms with Gasteiger partial charge in [-0.15, -0.1) is 0 Å². The van der Waals surface area contributed by atoms with Gasteiger partial charge >= 0.3 is 11.9 Å². The highest BCUT2D eigenvalue weighted by atomic mass is 16.6. The molecule has 1 N–H and O–H groups in total. The second-order valence-corrected chi connectivity index (χ2v) is 6.12. The van der Waals surface area contributed by atoms with Gasteiger partial charge in [-0.05, 0) is 18.9 Å². The lowest BCUT2D eigenvalue weighted by Crippen LogP contribution is -2.41. The molecule has 8 heteroatoms. The number of carbonyl (C=O) groups is 4. The highest BCUT2D eigenvalue weighted by molar-refractivity contribution is 5.81. The molecule has 148 valence electrons. The Bertz CT molecular complexity index is 632. The number of hydrogen-bond donors (Lipinski definition) is 1. The number of nitrogens with one attached hydrogen (secondary N) is 1. The molecule has 0 aliphatic rings. The minimum Gasteiger partial charge on any atom is -0.461 e. The molecule has 1 unspecified atom stereocenters. The lowest BCUT2D eigenvalue weighted by atomic mass is 10.1. The second kappa shape index (κ2) is 11.8. The average Bonchev–Trinajstić information content (AvgIpc) is 2.65. The first-order valence-electron chi connectivity index (χ1n) is 8.54. The van der Waals surface area contributed by atoms with Gasteiger partial charge < -0.3 is 19.5 Å². The summed E-state index contributed by atoms with van der Waals surface area (Å²) in [5.74, 6) is -1.47. The van der Waals surface area contributed by atoms with Gasteiger partial charge in [0, 0.05) is 20.0 Å². The van der Waals surface area contributed by atoms with Crippen LogP contribution in [0, 0.1) is 0 Å². The first kappa shape index (κ1) is 22.3. The van der Waals surface area contributed by atoms with E-state index in [4.69, 9.17) is 14.2 Å². The van der Waals surface area contributed by atoms with Gasteiger partial charge in [0.05, 0.1) is 6.61 Å². The van der Waals surface area contributed by atoms with Crippen molar-refractivity contribution in [3.63, 3.8) is 0 Å². The second-order valence-electron chi connectivity index (χ2n) is 6.12. The Hall–Kier alpha value is -2.74. The molecule has 1 aromatic rings. The summed E-state index contributed by atoms with van der Waals surface area (Å²) >= 11 is 0. The van der Waals surface area contributed by atoms with E-state index >= 15 is 0 Å². The van der Waals surface area contributed by atoms with Gasteiger partial charge in [0.15, 0.2) is 11.9 Å². The fraction of sp³-hybridized carbons (Fsp3) is 0.474. The quantitative estimate of drug-likeness (QED) is 0.330. The maximum absolute atomic E-state index is 11.7. The molecule has 1 atom stereocenters. The standard InChI is InChI=1S/C19H25NO7/c1-15(22)20-11-18(24)27-19(2,13-21)14-25-10-6-9-17(23)26-12-16-7-4-3-5-8-16/h3-5,7-8,13H,6,9-12,14H2,1-2H3,(H,20,22). The minimum absolute atomic E-state index is 0.151. The third-order valence-electron chi connectivity index (χ3n) is 3.38. The van der Waals surface area contributed by atoms with Crippen LogP contribution in [0.3, 0.4) is 0 Å². The van der Waals surface area contributed by atoms with Crippen LogP contribution in [0.2, 0.25) is 0 Å². The van der Waals surface area contributed by atoms with Crippen molar-refractivity contribution < 1.29 is 33.4 Å². The van der Waals surface area contributed by atoms with Crippen LogP contribution in [0.5, 0.6) is 0 Å². The van der Waals surface area contributed by atoms with E-state index in [0.29, 0.717) is 12.7 Å². The molecule has 0 aliphatic carbocycles. The average molecular weight is 379 g/mol. The van der Waals surface area contributed by atoms with Crippen molar-refractivity contribution in [2.45, 2.75) is 38.9 Å². The van der Waals surface area contributed by atoms with E-state index in [0.717, 1.165) is 5.56 Å². The van der Waals surface area contributed by atoms with Gasteiger partial charge in [-0.2, -0.15) is 0 Å². The zero-order valence-electron chi connectivity index (χ0n) is 15.6. The van der Waals surface area contributed by atoms with E-state index in [1.165, 1.54) is 13.8 Å². The van der Waals surface area contributed by atoms with Gasteiger partial charge in [-0.3, -0.25) is 19.2 Å². The molecule has 0 aromatic heterocycles. The summed E-state index contributed by atoms with van der Waals surface area (Å²) in [6.07, 6.45) is 1.04. The van der Waals surface area contributed by atoms with Crippen molar-refractivity contribution in [3.8, 4) is 0 Å². The zero-order valence-corrected chi connectivity index (χ0v) is 15.6. The third kappa shape index (κ3) is 10.1. The summed E-state index contributed by atoms with van der Waals surface area (Å²) < 4.78 is 15.5. The topological polar surface area (TPSA) is 108 Å². The maximum atomic E-state index is 11.7. The minimum atomic E-state index is -1.45. The van der Waals surface area contributed by atoms with Crippen LogP contribution >= 0.6 is 0 Å². The molecule has 0 radical (unpaired) electrons. The molecule has 1 rings (SSSR count). The van der Waals surface area contributed by atoms with Crippen LogP contribution in [0.15, 0.2) is 30.3 Å². The van der Waals surface area contributed by atoms with E-state index < -0.39 is 11.6 Å². The first-order valence-corrected chi connectivity index (χ1v) is 8.54. The summed E-state index contributed by atoms with van der Waals surface area (Å²) in [6.45, 7) is 2.61. The normalized spacial score (nSPS) is 12.5. The summed E-state index contributed by atoms with van der Waals surface area (Å²) in [5, 5.41) is 2.28. The van der Waals surface area contributed by atoms with Gasteiger partial charge in [0.25, 0.3) is 0 Å². The van der Waals surface area contributed by atoms with Crippen molar-refractivity contribution in [2.24, 2.45) is 0 Å². The number of ether oxygens (including phenoxy) is 3. The molecular formula is C19H25NO7. The van der Waals surface area contributed by atoms with Crippen molar-refractivity contribution >= 4 is 24.1 Å². The number of hydrogen-bond acceptors (Lipinski definition) is 7. The van der Waals surface area contributed by atoms with Crippen LogP contribution in [0.4, 0.5) is 0 Å². The Balaban J connectivity index is 2.20. The van der Waals surface area contributed by atoms with Crippen molar-refractivity contribution in [3.05, 3.63) is 35.9 Å². The highest BCUT2D eigenvalue weighted by Crippen LogP contribution is 2.09. The van der Waals surface area contributed by atoms with E-state index in [9.17, 15) is 19.2 Å². The molecule has 0 spiro atoms. The summed E-state index contributed by atoms with van der Waals surface area (Å²) in [5.41, 5.74) is -0.548. The number of rotatable bonds is 12. The maximum Gasteiger partial charge on any atom is 0.326 e. The van der Waals surface area contributed by atoms with Gasteiger partial charge in [0.2, 0.25) is 5.91 Å². The smallest absolute Gasteiger partial charge is 0.326 e. The predicted molar refractivity (Wildman–Crippen MR) is 95.5 cm³/mol.